The van der Waals surface area contributed by atoms with E-state index in [4.69, 9.17) is 5.73 Å². The molecule has 0 fully saturated rings. The van der Waals surface area contributed by atoms with Crippen LogP contribution in [-0.2, 0) is 0 Å². The van der Waals surface area contributed by atoms with E-state index in [0.29, 0.717) is 16.9 Å². The maximum atomic E-state index is 12.6. The van der Waals surface area contributed by atoms with Crippen LogP contribution in [0, 0.1) is 6.92 Å². The molecule has 0 bridgehead atoms. The summed E-state index contributed by atoms with van der Waals surface area (Å²) in [6, 6.07) is 13.2. The summed E-state index contributed by atoms with van der Waals surface area (Å²) in [5.41, 5.74) is 8.98. The third-order valence-electron chi connectivity index (χ3n) is 4.07. The molecule has 1 amide bonds. The van der Waals surface area contributed by atoms with Crippen molar-refractivity contribution in [1.82, 2.24) is 15.2 Å². The fourth-order valence-electron chi connectivity index (χ4n) is 2.76. The Kier molecular flexibility index (Phi) is 3.50. The zero-order chi connectivity index (χ0) is 17.4. The molecular weight excluding hydrogens is 314 g/mol. The van der Waals surface area contributed by atoms with E-state index in [2.05, 4.69) is 20.5 Å². The lowest BCUT2D eigenvalue weighted by molar-refractivity contribution is 0.102. The van der Waals surface area contributed by atoms with Crippen molar-refractivity contribution >= 4 is 39.0 Å². The van der Waals surface area contributed by atoms with Crippen LogP contribution in [0.2, 0.25) is 0 Å². The number of aryl methyl sites for hydroxylation is 1. The van der Waals surface area contributed by atoms with Gasteiger partial charge in [0.05, 0.1) is 11.2 Å². The molecule has 0 saturated heterocycles. The van der Waals surface area contributed by atoms with Gasteiger partial charge in [0.1, 0.15) is 0 Å². The Balaban J connectivity index is 1.69. The second-order valence-corrected chi connectivity index (χ2v) is 5.87. The van der Waals surface area contributed by atoms with Gasteiger partial charge in [-0.05, 0) is 42.1 Å². The highest BCUT2D eigenvalue weighted by Gasteiger charge is 2.16. The number of nitrogens with two attached hydrogens (primary N) is 1. The summed E-state index contributed by atoms with van der Waals surface area (Å²) >= 11 is 0. The van der Waals surface area contributed by atoms with E-state index in [-0.39, 0.29) is 11.6 Å². The number of aromatic nitrogens is 3. The van der Waals surface area contributed by atoms with Crippen molar-refractivity contribution in [2.45, 2.75) is 6.92 Å². The van der Waals surface area contributed by atoms with Crippen LogP contribution in [0.4, 0.5) is 11.4 Å². The molecule has 0 unspecified atom stereocenters. The summed E-state index contributed by atoms with van der Waals surface area (Å²) < 4.78 is 0. The van der Waals surface area contributed by atoms with Gasteiger partial charge in [-0.15, -0.1) is 10.2 Å². The van der Waals surface area contributed by atoms with E-state index in [9.17, 15) is 4.79 Å². The smallest absolute Gasteiger partial charge is 0.278 e. The van der Waals surface area contributed by atoms with E-state index in [1.807, 2.05) is 49.4 Å². The van der Waals surface area contributed by atoms with Crippen LogP contribution in [-0.4, -0.2) is 21.1 Å². The van der Waals surface area contributed by atoms with Crippen LogP contribution in [0.15, 0.2) is 54.9 Å². The van der Waals surface area contributed by atoms with Crippen LogP contribution < -0.4 is 11.1 Å². The summed E-state index contributed by atoms with van der Waals surface area (Å²) in [6.45, 7) is 1.97. The Bertz CT molecular complexity index is 1120. The number of anilines is 2. The quantitative estimate of drug-likeness (QED) is 0.588. The van der Waals surface area contributed by atoms with Gasteiger partial charge in [-0.3, -0.25) is 9.78 Å². The number of pyridine rings is 1. The summed E-state index contributed by atoms with van der Waals surface area (Å²) in [5.74, 6) is -0.388. The van der Waals surface area contributed by atoms with Gasteiger partial charge in [-0.2, -0.15) is 0 Å². The molecule has 0 aliphatic heterocycles. The minimum atomic E-state index is -0.388. The molecule has 0 atom stereocenters. The monoisotopic (exact) mass is 329 g/mol. The Morgan fingerprint density at radius 3 is 2.80 bits per heavy atom. The lowest BCUT2D eigenvalue weighted by atomic mass is 10.1. The zero-order valence-electron chi connectivity index (χ0n) is 13.5. The van der Waals surface area contributed by atoms with Gasteiger partial charge in [0.2, 0.25) is 0 Å². The number of hydrogen-bond acceptors (Lipinski definition) is 5. The van der Waals surface area contributed by atoms with Crippen molar-refractivity contribution < 1.29 is 4.79 Å². The molecule has 2 heterocycles. The predicted molar refractivity (Wildman–Crippen MR) is 98.4 cm³/mol. The molecule has 0 saturated carbocycles. The van der Waals surface area contributed by atoms with Crippen molar-refractivity contribution in [3.63, 3.8) is 0 Å². The molecule has 6 heteroatoms. The molecular formula is C19H15N5O. The molecule has 3 N–H and O–H groups in total. The number of nitrogen functional groups attached to an aromatic ring is 1. The standard InChI is InChI=1S/C19H15N5O/c1-11-2-5-15-16(8-11)23-24-18(17(15)20)19(25)22-14-4-3-13-10-21-7-6-12(13)9-14/h2-10H,1H3,(H2,20,23)(H,22,25). The van der Waals surface area contributed by atoms with Gasteiger partial charge in [0.15, 0.2) is 5.69 Å². The number of nitrogens with one attached hydrogen (secondary N) is 1. The predicted octanol–water partition coefficient (Wildman–Crippen LogP) is 3.32. The lowest BCUT2D eigenvalue weighted by Crippen LogP contribution is -2.17. The summed E-state index contributed by atoms with van der Waals surface area (Å²) in [6.07, 6.45) is 3.48. The van der Waals surface area contributed by atoms with Gasteiger partial charge in [-0.1, -0.05) is 18.2 Å². The van der Waals surface area contributed by atoms with Gasteiger partial charge >= 0.3 is 0 Å². The number of carbonyl (C=O) groups excluding carboxylic acids is 1. The first-order chi connectivity index (χ1) is 12.1. The van der Waals surface area contributed by atoms with Gasteiger partial charge in [0.25, 0.3) is 5.91 Å². The number of nitrogens with zero attached hydrogens (tertiary/aromatic N) is 3. The highest BCUT2D eigenvalue weighted by atomic mass is 16.1. The van der Waals surface area contributed by atoms with Crippen molar-refractivity contribution in [2.24, 2.45) is 0 Å². The number of amides is 1. The van der Waals surface area contributed by atoms with E-state index >= 15 is 0 Å². The minimum Gasteiger partial charge on any atom is -0.396 e. The van der Waals surface area contributed by atoms with Crippen molar-refractivity contribution in [3.8, 4) is 0 Å². The Morgan fingerprint density at radius 1 is 1.04 bits per heavy atom. The van der Waals surface area contributed by atoms with E-state index < -0.39 is 0 Å². The number of rotatable bonds is 2. The average molecular weight is 329 g/mol. The fourth-order valence-corrected chi connectivity index (χ4v) is 2.76. The average Bonchev–Trinajstić information content (AvgIpc) is 2.61. The fraction of sp³-hybridized carbons (Fsp3) is 0.0526. The Labute approximate surface area is 143 Å². The van der Waals surface area contributed by atoms with Gasteiger partial charge in [-0.25, -0.2) is 0 Å². The first kappa shape index (κ1) is 15.0. The molecule has 0 aliphatic rings. The molecule has 0 spiro atoms. The van der Waals surface area contributed by atoms with Crippen molar-refractivity contribution in [3.05, 3.63) is 66.1 Å². The van der Waals surface area contributed by atoms with E-state index in [1.165, 1.54) is 0 Å². The third-order valence-corrected chi connectivity index (χ3v) is 4.07. The topological polar surface area (TPSA) is 93.8 Å². The normalized spacial score (nSPS) is 10.9. The number of fused-ring (bicyclic) bond motifs is 2. The maximum Gasteiger partial charge on any atom is 0.278 e. The third kappa shape index (κ3) is 2.74. The summed E-state index contributed by atoms with van der Waals surface area (Å²) in [4.78, 5) is 16.7. The molecule has 0 aliphatic carbocycles. The largest absolute Gasteiger partial charge is 0.396 e. The van der Waals surface area contributed by atoms with Gasteiger partial charge in [0, 0.05) is 28.9 Å². The molecule has 0 radical (unpaired) electrons. The molecule has 2 aromatic heterocycles. The first-order valence-electron chi connectivity index (χ1n) is 7.79. The molecule has 122 valence electrons. The van der Waals surface area contributed by atoms with Gasteiger partial charge < -0.3 is 11.1 Å². The molecule has 6 nitrogen and oxygen atoms in total. The number of carbonyl (C=O) groups is 1. The summed E-state index contributed by atoms with van der Waals surface area (Å²) in [5, 5.41) is 13.7. The number of benzene rings is 2. The minimum absolute atomic E-state index is 0.117. The highest BCUT2D eigenvalue weighted by Crippen LogP contribution is 2.24. The number of hydrogen-bond donors (Lipinski definition) is 2. The highest BCUT2D eigenvalue weighted by molar-refractivity contribution is 6.10. The first-order valence-corrected chi connectivity index (χ1v) is 7.79. The molecule has 4 aromatic rings. The lowest BCUT2D eigenvalue weighted by Gasteiger charge is -2.09. The molecule has 2 aromatic carbocycles. The van der Waals surface area contributed by atoms with Crippen molar-refractivity contribution in [2.75, 3.05) is 11.1 Å². The van der Waals surface area contributed by atoms with Crippen molar-refractivity contribution in [1.29, 1.82) is 0 Å². The van der Waals surface area contributed by atoms with Crippen LogP contribution >= 0.6 is 0 Å². The van der Waals surface area contributed by atoms with Crippen LogP contribution in [0.1, 0.15) is 16.1 Å². The second kappa shape index (κ2) is 5.83. The Hall–Kier alpha value is -3.54. The second-order valence-electron chi connectivity index (χ2n) is 5.87. The Morgan fingerprint density at radius 2 is 1.92 bits per heavy atom. The maximum absolute atomic E-state index is 12.6. The molecule has 4 rings (SSSR count). The van der Waals surface area contributed by atoms with Crippen LogP contribution in [0.5, 0.6) is 0 Å². The summed E-state index contributed by atoms with van der Waals surface area (Å²) in [7, 11) is 0. The SMILES string of the molecule is Cc1ccc2c(N)c(C(=O)Nc3ccc4cnccc4c3)nnc2c1. The molecule has 25 heavy (non-hydrogen) atoms. The van der Waals surface area contributed by atoms with Crippen LogP contribution in [0.25, 0.3) is 21.7 Å². The zero-order valence-corrected chi connectivity index (χ0v) is 13.5. The van der Waals surface area contributed by atoms with Crippen LogP contribution in [0.3, 0.4) is 0 Å². The van der Waals surface area contributed by atoms with E-state index in [0.717, 1.165) is 21.7 Å². The van der Waals surface area contributed by atoms with E-state index in [1.54, 1.807) is 12.4 Å².